The molecule has 0 amide bonds. The largest absolute Gasteiger partial charge is 0.481 e. The van der Waals surface area contributed by atoms with Gasteiger partial charge in [-0.2, -0.15) is 0 Å². The van der Waals surface area contributed by atoms with E-state index >= 15 is 0 Å². The van der Waals surface area contributed by atoms with E-state index in [0.717, 1.165) is 0 Å². The van der Waals surface area contributed by atoms with Crippen LogP contribution in [0.25, 0.3) is 0 Å². The van der Waals surface area contributed by atoms with Crippen LogP contribution in [0.1, 0.15) is 6.42 Å². The zero-order valence-electron chi connectivity index (χ0n) is 8.27. The van der Waals surface area contributed by atoms with E-state index in [0.29, 0.717) is 0 Å². The van der Waals surface area contributed by atoms with Gasteiger partial charge in [0.1, 0.15) is 10.7 Å². The smallest absolute Gasteiger partial charge is 0.338 e. The summed E-state index contributed by atoms with van der Waals surface area (Å²) in [6.45, 7) is 0. The number of rotatable bonds is 6. The number of aliphatic carboxylic acids is 2. The summed E-state index contributed by atoms with van der Waals surface area (Å²) < 4.78 is 21.5. The Morgan fingerprint density at radius 3 is 1.94 bits per heavy atom. The van der Waals surface area contributed by atoms with Gasteiger partial charge in [0.05, 0.1) is 6.42 Å². The van der Waals surface area contributed by atoms with Gasteiger partial charge < -0.3 is 20.0 Å². The molecule has 0 saturated carbocycles. The summed E-state index contributed by atoms with van der Waals surface area (Å²) in [6.07, 6.45) is -0.943. The van der Waals surface area contributed by atoms with Crippen molar-refractivity contribution in [3.63, 3.8) is 0 Å². The van der Waals surface area contributed by atoms with Crippen LogP contribution in [0.2, 0.25) is 0 Å². The molecule has 0 bridgehead atoms. The second kappa shape index (κ2) is 7.54. The van der Waals surface area contributed by atoms with Crippen molar-refractivity contribution in [3.05, 3.63) is 0 Å². The quantitative estimate of drug-likeness (QED) is 0.337. The van der Waals surface area contributed by atoms with Crippen LogP contribution in [0.5, 0.6) is 0 Å². The van der Waals surface area contributed by atoms with E-state index in [1.165, 1.54) is 0 Å². The Bertz CT molecular complexity index is 337. The zero-order valence-corrected chi connectivity index (χ0v) is 12.0. The molecule has 0 aromatic heterocycles. The SMILES string of the molecule is O=C(O)CC(C(=O)O)S(=O)CP(=O)(O)O.[Na]. The molecule has 0 rings (SSSR count). The molecule has 0 aromatic rings. The summed E-state index contributed by atoms with van der Waals surface area (Å²) >= 11 is 0. The Morgan fingerprint density at radius 1 is 1.25 bits per heavy atom. The fourth-order valence-electron chi connectivity index (χ4n) is 0.707. The number of carboxylic acid groups (broad SMARTS) is 2. The third kappa shape index (κ3) is 8.40. The molecule has 2 unspecified atom stereocenters. The van der Waals surface area contributed by atoms with Crippen LogP contribution < -0.4 is 0 Å². The summed E-state index contributed by atoms with van der Waals surface area (Å²) in [4.78, 5) is 37.5. The Balaban J connectivity index is 0. The van der Waals surface area contributed by atoms with E-state index in [1.54, 1.807) is 0 Å². The molecule has 0 aliphatic rings. The molecular formula is C5H9NaO8PS. The van der Waals surface area contributed by atoms with E-state index in [1.807, 2.05) is 0 Å². The van der Waals surface area contributed by atoms with E-state index in [4.69, 9.17) is 20.0 Å². The molecule has 0 saturated heterocycles. The third-order valence-corrected chi connectivity index (χ3v) is 4.61. The van der Waals surface area contributed by atoms with Crippen molar-refractivity contribution in [2.75, 3.05) is 5.49 Å². The van der Waals surface area contributed by atoms with Crippen molar-refractivity contribution >= 4 is 59.9 Å². The van der Waals surface area contributed by atoms with Crippen molar-refractivity contribution in [3.8, 4) is 0 Å². The maximum atomic E-state index is 11.1. The molecule has 4 N–H and O–H groups in total. The number of hydrogen-bond donors (Lipinski definition) is 4. The topological polar surface area (TPSA) is 149 Å². The average molecular weight is 283 g/mol. The van der Waals surface area contributed by atoms with E-state index in [-0.39, 0.29) is 29.6 Å². The molecule has 16 heavy (non-hydrogen) atoms. The number of hydrogen-bond acceptors (Lipinski definition) is 4. The van der Waals surface area contributed by atoms with Crippen LogP contribution in [0, 0.1) is 0 Å². The Morgan fingerprint density at radius 2 is 1.69 bits per heavy atom. The van der Waals surface area contributed by atoms with Gasteiger partial charge in [-0.25, -0.2) is 0 Å². The molecule has 1 radical (unpaired) electrons. The summed E-state index contributed by atoms with van der Waals surface area (Å²) in [7, 11) is -7.04. The minimum Gasteiger partial charge on any atom is -0.481 e. The molecule has 89 valence electrons. The predicted octanol–water partition coefficient (Wildman–Crippen LogP) is -1.58. The Kier molecular flexibility index (Phi) is 8.77. The van der Waals surface area contributed by atoms with Crippen molar-refractivity contribution in [2.24, 2.45) is 0 Å². The second-order valence-corrected chi connectivity index (χ2v) is 6.29. The maximum absolute atomic E-state index is 11.1. The molecular weight excluding hydrogens is 274 g/mol. The third-order valence-electron chi connectivity index (χ3n) is 1.25. The van der Waals surface area contributed by atoms with Gasteiger partial charge in [0, 0.05) is 40.4 Å². The van der Waals surface area contributed by atoms with E-state index in [9.17, 15) is 18.4 Å². The average Bonchev–Trinajstić information content (AvgIpc) is 1.95. The Labute approximate surface area is 115 Å². The van der Waals surface area contributed by atoms with Crippen LogP contribution in [0.15, 0.2) is 0 Å². The number of carboxylic acids is 2. The van der Waals surface area contributed by atoms with Crippen LogP contribution >= 0.6 is 7.60 Å². The fraction of sp³-hybridized carbons (Fsp3) is 0.600. The van der Waals surface area contributed by atoms with Gasteiger partial charge in [-0.05, 0) is 0 Å². The molecule has 2 atom stereocenters. The predicted molar refractivity (Wildman–Crippen MR) is 54.5 cm³/mol. The van der Waals surface area contributed by atoms with Gasteiger partial charge in [-0.3, -0.25) is 18.4 Å². The van der Waals surface area contributed by atoms with Gasteiger partial charge in [-0.1, -0.05) is 0 Å². The molecule has 0 fully saturated rings. The van der Waals surface area contributed by atoms with Crippen molar-refractivity contribution in [1.29, 1.82) is 0 Å². The number of carbonyl (C=O) groups is 2. The molecule has 8 nitrogen and oxygen atoms in total. The normalized spacial score (nSPS) is 14.6. The first kappa shape index (κ1) is 18.6. The van der Waals surface area contributed by atoms with Crippen LogP contribution in [-0.4, -0.2) is 76.4 Å². The first-order chi connectivity index (χ1) is 6.63. The minimum absolute atomic E-state index is 0. The summed E-state index contributed by atoms with van der Waals surface area (Å²) in [5.41, 5.74) is -1.16. The van der Waals surface area contributed by atoms with Gasteiger partial charge >= 0.3 is 19.5 Å². The van der Waals surface area contributed by atoms with Crippen LogP contribution in [-0.2, 0) is 25.0 Å². The Hall–Kier alpha value is 0.240. The van der Waals surface area contributed by atoms with Crippen molar-refractivity contribution in [1.82, 2.24) is 0 Å². The minimum atomic E-state index is -4.62. The molecule has 0 aliphatic heterocycles. The summed E-state index contributed by atoms with van der Waals surface area (Å²) in [5.74, 6) is -3.16. The summed E-state index contributed by atoms with van der Waals surface area (Å²) in [6, 6.07) is 0. The molecule has 11 heteroatoms. The maximum Gasteiger partial charge on any atom is 0.338 e. The molecule has 0 aromatic carbocycles. The summed E-state index contributed by atoms with van der Waals surface area (Å²) in [5, 5.41) is 15.0. The zero-order chi connectivity index (χ0) is 12.2. The van der Waals surface area contributed by atoms with Gasteiger partial charge in [0.25, 0.3) is 0 Å². The monoisotopic (exact) mass is 283 g/mol. The van der Waals surface area contributed by atoms with Crippen LogP contribution in [0.4, 0.5) is 0 Å². The van der Waals surface area contributed by atoms with Crippen molar-refractivity contribution in [2.45, 2.75) is 11.7 Å². The van der Waals surface area contributed by atoms with Gasteiger partial charge in [0.2, 0.25) is 0 Å². The first-order valence-corrected chi connectivity index (χ1v) is 6.68. The van der Waals surface area contributed by atoms with Crippen LogP contribution in [0.3, 0.4) is 0 Å². The van der Waals surface area contributed by atoms with Crippen molar-refractivity contribution < 1.29 is 38.4 Å². The standard InChI is InChI=1S/C5H9O8PS.Na/c6-4(7)1-3(5(8)9)15(13)2-14(10,11)12;/h3H,1-2H2,(H,6,7)(H,8,9)(H2,10,11,12);. The second-order valence-electron chi connectivity index (χ2n) is 2.60. The molecule has 0 spiro atoms. The fourth-order valence-corrected chi connectivity index (χ4v) is 3.31. The van der Waals surface area contributed by atoms with E-state index < -0.39 is 47.5 Å². The molecule has 0 aliphatic carbocycles. The first-order valence-electron chi connectivity index (χ1n) is 3.50. The van der Waals surface area contributed by atoms with E-state index in [2.05, 4.69) is 0 Å². The van der Waals surface area contributed by atoms with Gasteiger partial charge in [0.15, 0.2) is 0 Å². The molecule has 0 heterocycles. The van der Waals surface area contributed by atoms with Gasteiger partial charge in [-0.15, -0.1) is 0 Å².